The van der Waals surface area contributed by atoms with Gasteiger partial charge in [-0.2, -0.15) is 0 Å². The minimum atomic E-state index is -4.88. The van der Waals surface area contributed by atoms with Crippen molar-refractivity contribution < 1.29 is 52.6 Å². The van der Waals surface area contributed by atoms with E-state index in [1.807, 2.05) is 50.2 Å². The molecule has 14 nitrogen and oxygen atoms in total. The van der Waals surface area contributed by atoms with Crippen LogP contribution < -0.4 is 23.8 Å². The number of anilines is 2. The summed E-state index contributed by atoms with van der Waals surface area (Å²) in [5.41, 5.74) is 2.87. The summed E-state index contributed by atoms with van der Waals surface area (Å²) < 4.78 is 34.5. The Bertz CT molecular complexity index is 2320. The maximum absolute atomic E-state index is 13.9. The number of fused-ring (bicyclic) bond motifs is 5. The quantitative estimate of drug-likeness (QED) is 0.0422. The number of benzene rings is 4. The third-order valence-electron chi connectivity index (χ3n) is 11.0. The lowest BCUT2D eigenvalue weighted by Crippen LogP contribution is -2.51. The van der Waals surface area contributed by atoms with E-state index in [0.717, 1.165) is 15.4 Å². The molecule has 18 heteroatoms. The van der Waals surface area contributed by atoms with Crippen molar-refractivity contribution in [1.29, 1.82) is 0 Å². The number of halogens is 1. The van der Waals surface area contributed by atoms with Gasteiger partial charge in [0.05, 0.1) is 36.7 Å². The molecule has 2 unspecified atom stereocenters. The van der Waals surface area contributed by atoms with Crippen LogP contribution in [0.1, 0.15) is 72.9 Å². The van der Waals surface area contributed by atoms with Crippen molar-refractivity contribution in [3.63, 3.8) is 0 Å². The van der Waals surface area contributed by atoms with E-state index in [4.69, 9.17) is 30.3 Å². The number of nitrogens with zero attached hydrogens (tertiary/aromatic N) is 3. The van der Waals surface area contributed by atoms with Gasteiger partial charge in [-0.05, 0) is 75.1 Å². The number of unbranched alkanes of at least 4 members (excludes halogenated alkanes) is 2. The van der Waals surface area contributed by atoms with Crippen molar-refractivity contribution in [2.45, 2.75) is 80.7 Å². The normalized spacial score (nSPS) is 19.0. The Morgan fingerprint density at radius 3 is 2.44 bits per heavy atom. The highest BCUT2D eigenvalue weighted by Crippen LogP contribution is 2.49. The highest BCUT2D eigenvalue weighted by molar-refractivity contribution is 8.76. The maximum Gasteiger partial charge on any atom is 0.524 e. The smallest absolute Gasteiger partial charge is 0.493 e. The molecule has 4 atom stereocenters. The van der Waals surface area contributed by atoms with Gasteiger partial charge in [0, 0.05) is 59.0 Å². The lowest BCUT2D eigenvalue weighted by Gasteiger charge is -2.32. The van der Waals surface area contributed by atoms with Crippen molar-refractivity contribution in [2.75, 3.05) is 49.1 Å². The van der Waals surface area contributed by atoms with Gasteiger partial charge >= 0.3 is 13.9 Å². The number of amides is 3. The van der Waals surface area contributed by atoms with Crippen molar-refractivity contribution in [1.82, 2.24) is 4.90 Å². The molecule has 3 heterocycles. The summed E-state index contributed by atoms with van der Waals surface area (Å²) in [7, 11) is -0.268. The summed E-state index contributed by atoms with van der Waals surface area (Å²) in [6, 6.07) is 19.2. The van der Waals surface area contributed by atoms with Crippen LogP contribution in [0.15, 0.2) is 71.6 Å². The molecule has 0 spiro atoms. The van der Waals surface area contributed by atoms with Gasteiger partial charge in [0.2, 0.25) is 5.91 Å². The largest absolute Gasteiger partial charge is 0.524 e. The molecule has 7 rings (SSSR count). The van der Waals surface area contributed by atoms with E-state index in [0.29, 0.717) is 61.7 Å². The lowest BCUT2D eigenvalue weighted by molar-refractivity contribution is -0.118. The zero-order chi connectivity index (χ0) is 43.4. The van der Waals surface area contributed by atoms with Crippen LogP contribution in [-0.2, 0) is 14.1 Å². The molecular formula is C43H49ClN3O11PS2. The Morgan fingerprint density at radius 2 is 1.72 bits per heavy atom. The Labute approximate surface area is 367 Å². The first-order valence-electron chi connectivity index (χ1n) is 20.1. The standard InChI is InChI=1S/C43H49ClN3O11PS2/c1-26-14-16-29(17-15-26)61-60-27(2)25-57-43(51)47-34-21-38(37(55-3)20-32(34)41(49)45-18-9-12-33(45)42(47)50)56-19-8-4-5-13-39(48)46-24-28(23-44)40-31-11-7-6-10-30(31)36(22-35(40)46)58-59(52,53)54/h6-7,10-11,14-17,20-22,27-28,33,42,50H,4-5,8-9,12-13,18-19,23-25H2,1-3H3,(H2,52,53,54)/t27?,28-,33+,42?/m1/s1. The average Bonchev–Trinajstić information content (AvgIpc) is 3.87. The molecule has 61 heavy (non-hydrogen) atoms. The number of aliphatic hydroxyl groups excluding tert-OH is 1. The Morgan fingerprint density at radius 1 is 0.984 bits per heavy atom. The van der Waals surface area contributed by atoms with E-state index in [-0.39, 0.29) is 77.0 Å². The van der Waals surface area contributed by atoms with Crippen molar-refractivity contribution >= 4 is 81.1 Å². The number of hydrogen-bond donors (Lipinski definition) is 3. The van der Waals surface area contributed by atoms with Crippen LogP contribution >= 0.6 is 41.0 Å². The highest BCUT2D eigenvalue weighted by atomic mass is 35.5. The number of carbonyl (C=O) groups is 3. The van der Waals surface area contributed by atoms with Gasteiger partial charge in [0.25, 0.3) is 5.91 Å². The first kappa shape index (κ1) is 44.9. The molecule has 1 fully saturated rings. The fraction of sp³-hybridized carbons (Fsp3) is 0.419. The van der Waals surface area contributed by atoms with Crippen molar-refractivity contribution in [3.8, 4) is 17.2 Å². The minimum absolute atomic E-state index is 0.0159. The average molecular weight is 914 g/mol. The second kappa shape index (κ2) is 19.5. The third-order valence-corrected chi connectivity index (χ3v) is 14.7. The number of phosphoric ester groups is 1. The number of ether oxygens (including phenoxy) is 3. The van der Waals surface area contributed by atoms with Crippen molar-refractivity contribution in [2.24, 2.45) is 0 Å². The number of carbonyl (C=O) groups excluding carboxylic acids is 3. The zero-order valence-corrected chi connectivity index (χ0v) is 37.3. The minimum Gasteiger partial charge on any atom is -0.493 e. The van der Waals surface area contributed by atoms with Gasteiger partial charge in [0.1, 0.15) is 12.4 Å². The molecule has 1 saturated heterocycles. The summed E-state index contributed by atoms with van der Waals surface area (Å²) in [6.45, 7) is 5.05. The predicted molar refractivity (Wildman–Crippen MR) is 237 cm³/mol. The van der Waals surface area contributed by atoms with E-state index in [1.54, 1.807) is 49.6 Å². The molecule has 0 saturated carbocycles. The summed E-state index contributed by atoms with van der Waals surface area (Å²) >= 11 is 6.38. The fourth-order valence-corrected chi connectivity index (χ4v) is 10.7. The summed E-state index contributed by atoms with van der Waals surface area (Å²) in [6.07, 6.45) is 0.980. The molecule has 3 aliphatic heterocycles. The van der Waals surface area contributed by atoms with Gasteiger partial charge in [-0.1, -0.05) is 63.5 Å². The number of rotatable bonds is 16. The number of phosphoric acid groups is 1. The summed E-state index contributed by atoms with van der Waals surface area (Å²) in [5, 5.41) is 12.8. The monoisotopic (exact) mass is 913 g/mol. The lowest BCUT2D eigenvalue weighted by atomic mass is 9.95. The Hall–Kier alpha value is -4.15. The van der Waals surface area contributed by atoms with Crippen LogP contribution in [0, 0.1) is 6.92 Å². The predicted octanol–water partition coefficient (Wildman–Crippen LogP) is 8.65. The van der Waals surface area contributed by atoms with E-state index in [2.05, 4.69) is 0 Å². The van der Waals surface area contributed by atoms with Crippen molar-refractivity contribution in [3.05, 3.63) is 83.4 Å². The topological polar surface area (TPSA) is 176 Å². The first-order chi connectivity index (χ1) is 29.3. The molecular weight excluding hydrogens is 865 g/mol. The van der Waals surface area contributed by atoms with E-state index >= 15 is 0 Å². The second-order valence-electron chi connectivity index (χ2n) is 15.3. The second-order valence-corrected chi connectivity index (χ2v) is 19.5. The fourth-order valence-electron chi connectivity index (χ4n) is 8.09. The van der Waals surface area contributed by atoms with Crippen LogP contribution in [0.2, 0.25) is 0 Å². The summed E-state index contributed by atoms with van der Waals surface area (Å²) in [5.74, 6) is 0.137. The maximum atomic E-state index is 13.9. The zero-order valence-electron chi connectivity index (χ0n) is 34.0. The summed E-state index contributed by atoms with van der Waals surface area (Å²) in [4.78, 5) is 66.0. The number of methoxy groups -OCH3 is 1. The van der Waals surface area contributed by atoms with Gasteiger partial charge in [-0.3, -0.25) is 19.4 Å². The third kappa shape index (κ3) is 10.1. The molecule has 3 aliphatic rings. The number of aryl methyl sites for hydroxylation is 1. The number of alkyl halides is 1. The molecule has 326 valence electrons. The Balaban J connectivity index is 0.998. The molecule has 0 aliphatic carbocycles. The highest BCUT2D eigenvalue weighted by Gasteiger charge is 2.45. The van der Waals surface area contributed by atoms with Gasteiger partial charge < -0.3 is 33.6 Å². The van der Waals surface area contributed by atoms with Gasteiger partial charge in [0.15, 0.2) is 17.7 Å². The first-order valence-corrected chi connectivity index (χ1v) is 24.4. The van der Waals surface area contributed by atoms with Crippen LogP contribution in [-0.4, -0.2) is 94.5 Å². The molecule has 4 aromatic rings. The molecule has 3 amide bonds. The van der Waals surface area contributed by atoms with Crippen LogP contribution in [0.4, 0.5) is 16.2 Å². The Kier molecular flexibility index (Phi) is 14.3. The molecule has 0 bridgehead atoms. The van der Waals surface area contributed by atoms with Crippen LogP contribution in [0.5, 0.6) is 17.2 Å². The van der Waals surface area contributed by atoms with E-state index in [1.165, 1.54) is 24.8 Å². The van der Waals surface area contributed by atoms with E-state index in [9.17, 15) is 33.8 Å². The number of aliphatic hydroxyl groups is 1. The molecule has 3 N–H and O–H groups in total. The molecule has 4 aromatic carbocycles. The van der Waals surface area contributed by atoms with Crippen LogP contribution in [0.3, 0.4) is 0 Å². The van der Waals surface area contributed by atoms with Gasteiger partial charge in [-0.25, -0.2) is 14.3 Å². The molecule has 0 aromatic heterocycles. The SMILES string of the molecule is COc1cc2c(cc1OCCCCCC(=O)N1C[C@@H](CCl)c3c1cc(OP(=O)(O)O)c1ccccc31)N(C(=O)OCC(C)SSc1ccc(C)cc1)C(O)[C@@H]1CCCN1C2=O. The van der Waals surface area contributed by atoms with E-state index < -0.39 is 26.2 Å². The molecule has 0 radical (unpaired) electrons. The van der Waals surface area contributed by atoms with Gasteiger partial charge in [-0.15, -0.1) is 11.6 Å². The van der Waals surface area contributed by atoms with Crippen LogP contribution in [0.25, 0.3) is 10.8 Å². The number of hydrogen-bond acceptors (Lipinski definition) is 11.